The van der Waals surface area contributed by atoms with Gasteiger partial charge in [-0.25, -0.2) is 9.78 Å². The van der Waals surface area contributed by atoms with E-state index in [0.717, 1.165) is 38.9 Å². The molecule has 196 valence electrons. The lowest BCUT2D eigenvalue weighted by molar-refractivity contribution is 0.262. The molecular weight excluding hydrogens is 498 g/mol. The summed E-state index contributed by atoms with van der Waals surface area (Å²) in [6.07, 6.45) is 3.80. The molecule has 0 aliphatic carbocycles. The summed E-state index contributed by atoms with van der Waals surface area (Å²) in [6.45, 7) is 0.510. The summed E-state index contributed by atoms with van der Waals surface area (Å²) >= 11 is 0. The molecule has 4 aromatic carbocycles. The van der Waals surface area contributed by atoms with E-state index in [4.69, 9.17) is 10.5 Å². The number of carbonyl (C=O) groups is 1. The summed E-state index contributed by atoms with van der Waals surface area (Å²) < 4.78 is 5.97. The fraction of sp³-hybridized carbons (Fsp3) is 0.0303. The van der Waals surface area contributed by atoms with Crippen LogP contribution in [-0.2, 0) is 6.54 Å². The average molecular weight is 526 g/mol. The van der Waals surface area contributed by atoms with Gasteiger partial charge in [-0.3, -0.25) is 0 Å². The zero-order valence-electron chi connectivity index (χ0n) is 21.6. The Morgan fingerprint density at radius 3 is 2.42 bits per heavy atom. The number of benzene rings is 4. The third kappa shape index (κ3) is 5.41. The molecule has 0 unspecified atom stereocenters. The van der Waals surface area contributed by atoms with Crippen LogP contribution in [0.25, 0.3) is 33.3 Å². The number of carbonyl (C=O) groups excluding carboxylic acids is 1. The number of urea groups is 1. The highest BCUT2D eigenvalue weighted by Gasteiger charge is 2.12. The molecule has 7 heteroatoms. The molecule has 5 N–H and O–H groups in total. The first kappa shape index (κ1) is 24.9. The molecule has 2 aromatic heterocycles. The fourth-order valence-corrected chi connectivity index (χ4v) is 4.56. The topological polar surface area (TPSA) is 105 Å². The number of para-hydroxylation sites is 3. The zero-order chi connectivity index (χ0) is 27.3. The molecule has 7 nitrogen and oxygen atoms in total. The molecule has 0 saturated heterocycles. The van der Waals surface area contributed by atoms with Crippen molar-refractivity contribution in [2.45, 2.75) is 6.54 Å². The normalized spacial score (nSPS) is 10.8. The lowest BCUT2D eigenvalue weighted by Gasteiger charge is -2.13. The van der Waals surface area contributed by atoms with E-state index < -0.39 is 0 Å². The number of hydrogen-bond acceptors (Lipinski definition) is 4. The number of ether oxygens (including phenoxy) is 1. The van der Waals surface area contributed by atoms with Crippen molar-refractivity contribution >= 4 is 28.4 Å². The molecule has 0 aliphatic heterocycles. The average Bonchev–Trinajstić information content (AvgIpc) is 3.42. The molecule has 0 atom stereocenters. The minimum absolute atomic E-state index is 0.370. The van der Waals surface area contributed by atoms with Gasteiger partial charge in [-0.2, -0.15) is 0 Å². The van der Waals surface area contributed by atoms with Crippen molar-refractivity contribution < 1.29 is 9.53 Å². The summed E-state index contributed by atoms with van der Waals surface area (Å²) in [5, 5.41) is 6.83. The SMILES string of the molecule is NCc1ccc(-c2cnc3[nH]cc(-c4cccc(NC(=O)Nc5ccccc5Oc5ccccc5)c4)c3c2)cc1. The number of anilines is 2. The molecule has 6 aromatic rings. The highest BCUT2D eigenvalue weighted by molar-refractivity contribution is 6.02. The summed E-state index contributed by atoms with van der Waals surface area (Å²) in [6, 6.07) is 34.4. The number of hydrogen-bond donors (Lipinski definition) is 4. The molecule has 2 heterocycles. The standard InChI is InChI=1S/C33H27N5O2/c34-19-22-13-15-23(16-14-22)25-18-28-29(21-36-32(28)35-20-25)24-7-6-8-26(17-24)37-33(39)38-30-11-4-5-12-31(30)40-27-9-2-1-3-10-27/h1-18,20-21H,19,34H2,(H,35,36)(H2,37,38,39). The first-order valence-electron chi connectivity index (χ1n) is 12.9. The van der Waals surface area contributed by atoms with Gasteiger partial charge in [0.05, 0.1) is 5.69 Å². The summed E-state index contributed by atoms with van der Waals surface area (Å²) in [7, 11) is 0. The van der Waals surface area contributed by atoms with Gasteiger partial charge in [0.2, 0.25) is 0 Å². The number of pyridine rings is 1. The van der Waals surface area contributed by atoms with E-state index in [1.807, 2.05) is 97.3 Å². The van der Waals surface area contributed by atoms with Crippen LogP contribution in [0.5, 0.6) is 11.5 Å². The van der Waals surface area contributed by atoms with Crippen LogP contribution in [0, 0.1) is 0 Å². The second-order valence-electron chi connectivity index (χ2n) is 9.29. The summed E-state index contributed by atoms with van der Waals surface area (Å²) in [5.74, 6) is 1.24. The molecule has 0 bridgehead atoms. The van der Waals surface area contributed by atoms with Crippen molar-refractivity contribution in [3.8, 4) is 33.8 Å². The molecule has 6 rings (SSSR count). The first-order chi connectivity index (χ1) is 19.7. The van der Waals surface area contributed by atoms with Crippen LogP contribution in [0.1, 0.15) is 5.56 Å². The van der Waals surface area contributed by atoms with Crippen molar-refractivity contribution in [2.75, 3.05) is 10.6 Å². The Kier molecular flexibility index (Phi) is 6.94. The van der Waals surface area contributed by atoms with Crippen LogP contribution in [-0.4, -0.2) is 16.0 Å². The van der Waals surface area contributed by atoms with Crippen LogP contribution in [0.3, 0.4) is 0 Å². The minimum Gasteiger partial charge on any atom is -0.455 e. The van der Waals surface area contributed by atoms with Gasteiger partial charge in [0.25, 0.3) is 0 Å². The molecular formula is C33H27N5O2. The summed E-state index contributed by atoms with van der Waals surface area (Å²) in [4.78, 5) is 20.8. The predicted octanol–water partition coefficient (Wildman–Crippen LogP) is 7.79. The number of nitrogens with two attached hydrogens (primary N) is 1. The Hall–Kier alpha value is -5.40. The third-order valence-electron chi connectivity index (χ3n) is 6.59. The molecule has 40 heavy (non-hydrogen) atoms. The minimum atomic E-state index is -0.370. The molecule has 0 spiro atoms. The number of nitrogens with one attached hydrogen (secondary N) is 3. The van der Waals surface area contributed by atoms with Gasteiger partial charge >= 0.3 is 6.03 Å². The Labute approximate surface area is 231 Å². The van der Waals surface area contributed by atoms with Gasteiger partial charge in [0.1, 0.15) is 11.4 Å². The van der Waals surface area contributed by atoms with E-state index in [1.54, 1.807) is 6.07 Å². The maximum absolute atomic E-state index is 12.9. The lowest BCUT2D eigenvalue weighted by Crippen LogP contribution is -2.19. The van der Waals surface area contributed by atoms with Gasteiger partial charge in [-0.1, -0.05) is 66.7 Å². The van der Waals surface area contributed by atoms with Crippen LogP contribution in [0.2, 0.25) is 0 Å². The van der Waals surface area contributed by atoms with Crippen molar-refractivity contribution in [1.29, 1.82) is 0 Å². The number of fused-ring (bicyclic) bond motifs is 1. The largest absolute Gasteiger partial charge is 0.455 e. The quantitative estimate of drug-likeness (QED) is 0.171. The van der Waals surface area contributed by atoms with Crippen LogP contribution in [0.4, 0.5) is 16.2 Å². The van der Waals surface area contributed by atoms with Gasteiger partial charge in [-0.15, -0.1) is 0 Å². The second kappa shape index (κ2) is 11.1. The number of H-pyrrole nitrogens is 1. The van der Waals surface area contributed by atoms with E-state index >= 15 is 0 Å². The molecule has 0 aliphatic rings. The Morgan fingerprint density at radius 1 is 0.800 bits per heavy atom. The van der Waals surface area contributed by atoms with Crippen molar-refractivity contribution in [3.05, 3.63) is 127 Å². The Balaban J connectivity index is 1.21. The van der Waals surface area contributed by atoms with E-state index in [1.165, 1.54) is 0 Å². The molecule has 0 radical (unpaired) electrons. The number of aromatic nitrogens is 2. The van der Waals surface area contributed by atoms with Gasteiger partial charge in [0.15, 0.2) is 5.75 Å². The third-order valence-corrected chi connectivity index (χ3v) is 6.59. The van der Waals surface area contributed by atoms with E-state index in [2.05, 4.69) is 38.8 Å². The lowest BCUT2D eigenvalue weighted by atomic mass is 10.0. The molecule has 0 saturated carbocycles. The highest BCUT2D eigenvalue weighted by Crippen LogP contribution is 2.33. The van der Waals surface area contributed by atoms with Gasteiger partial charge in [0, 0.05) is 41.1 Å². The van der Waals surface area contributed by atoms with Crippen LogP contribution in [0.15, 0.2) is 122 Å². The van der Waals surface area contributed by atoms with Gasteiger partial charge < -0.3 is 26.1 Å². The number of amides is 2. The zero-order valence-corrected chi connectivity index (χ0v) is 21.6. The molecule has 0 fully saturated rings. The Bertz CT molecular complexity index is 1780. The number of nitrogens with zero attached hydrogens (tertiary/aromatic N) is 1. The van der Waals surface area contributed by atoms with Crippen LogP contribution < -0.4 is 21.1 Å². The van der Waals surface area contributed by atoms with E-state index in [0.29, 0.717) is 29.4 Å². The Morgan fingerprint density at radius 2 is 1.60 bits per heavy atom. The first-order valence-corrected chi connectivity index (χ1v) is 12.9. The summed E-state index contributed by atoms with van der Waals surface area (Å²) in [5.41, 5.74) is 12.9. The maximum atomic E-state index is 12.9. The number of aromatic amines is 1. The van der Waals surface area contributed by atoms with E-state index in [9.17, 15) is 4.79 Å². The second-order valence-corrected chi connectivity index (χ2v) is 9.29. The fourth-order valence-electron chi connectivity index (χ4n) is 4.56. The number of rotatable bonds is 7. The van der Waals surface area contributed by atoms with E-state index in [-0.39, 0.29) is 6.03 Å². The predicted molar refractivity (Wildman–Crippen MR) is 160 cm³/mol. The maximum Gasteiger partial charge on any atom is 0.323 e. The smallest absolute Gasteiger partial charge is 0.323 e. The van der Waals surface area contributed by atoms with Crippen molar-refractivity contribution in [1.82, 2.24) is 9.97 Å². The van der Waals surface area contributed by atoms with Crippen molar-refractivity contribution in [2.24, 2.45) is 5.73 Å². The van der Waals surface area contributed by atoms with Crippen molar-refractivity contribution in [3.63, 3.8) is 0 Å². The monoisotopic (exact) mass is 525 g/mol. The van der Waals surface area contributed by atoms with Crippen LogP contribution >= 0.6 is 0 Å². The van der Waals surface area contributed by atoms with Gasteiger partial charge in [-0.05, 0) is 59.2 Å². The highest BCUT2D eigenvalue weighted by atomic mass is 16.5. The molecule has 2 amide bonds.